The van der Waals surface area contributed by atoms with Crippen LogP contribution in [0.3, 0.4) is 0 Å². The SMILES string of the molecule is Cc1ccc2c(c1)c1c(n2CCc2ccc(C)[n+](COC(=O)N(C(C)C)C(C)C)c2)CC[N+](C)(COC(=O)N(C(C)C)C(C)C)C1.[I-].[I-]. The van der Waals surface area contributed by atoms with E-state index >= 15 is 0 Å². The van der Waals surface area contributed by atoms with Gasteiger partial charge in [-0.2, -0.15) is 4.57 Å². The molecule has 48 heavy (non-hydrogen) atoms. The number of quaternary nitrogens is 1. The third-order valence-electron chi connectivity index (χ3n) is 9.28. The van der Waals surface area contributed by atoms with E-state index < -0.39 is 0 Å². The number of amides is 2. The molecule has 0 aliphatic carbocycles. The monoisotopic (exact) mass is 889 g/mol. The number of pyridine rings is 1. The van der Waals surface area contributed by atoms with Crippen LogP contribution in [-0.4, -0.2) is 75.5 Å². The molecule has 1 aliphatic rings. The molecule has 3 aromatic rings. The summed E-state index contributed by atoms with van der Waals surface area (Å²) in [6.07, 6.45) is 3.35. The van der Waals surface area contributed by atoms with Crippen molar-refractivity contribution in [1.82, 2.24) is 14.4 Å². The van der Waals surface area contributed by atoms with Crippen LogP contribution in [0.2, 0.25) is 0 Å². The summed E-state index contributed by atoms with van der Waals surface area (Å²) in [7, 11) is 2.20. The van der Waals surface area contributed by atoms with E-state index in [-0.39, 0.29) is 91.0 Å². The van der Waals surface area contributed by atoms with Crippen LogP contribution in [0.15, 0.2) is 36.5 Å². The first kappa shape index (κ1) is 42.0. The van der Waals surface area contributed by atoms with Gasteiger partial charge in [-0.25, -0.2) is 9.59 Å². The van der Waals surface area contributed by atoms with Crippen molar-refractivity contribution in [3.8, 4) is 0 Å². The molecule has 2 aromatic heterocycles. The van der Waals surface area contributed by atoms with E-state index in [1.165, 1.54) is 33.3 Å². The number of aryl methyl sites for hydroxylation is 4. The van der Waals surface area contributed by atoms with Gasteiger partial charge in [-0.1, -0.05) is 11.6 Å². The maximum Gasteiger partial charge on any atom is 0.415 e. The zero-order valence-corrected chi connectivity index (χ0v) is 35.2. The lowest BCUT2D eigenvalue weighted by Crippen LogP contribution is -3.00. The van der Waals surface area contributed by atoms with Gasteiger partial charge in [-0.15, -0.1) is 0 Å². The van der Waals surface area contributed by atoms with Crippen molar-refractivity contribution in [2.45, 2.75) is 126 Å². The number of aromatic nitrogens is 2. The standard InChI is InChI=1S/C37H57N5O4.2HI/c1-25(2)40(26(3)4)36(43)45-23-38-21-31(14-13-30(38)10)16-18-39-34-15-12-29(9)20-32(34)33-22-42(11,19-17-35(33)39)24-46-37(44)41(27(5)6)28(7)8;;/h12-15,20-21,25-28H,16-19,22-24H2,1-11H3;2*1H/q+2;;/p-2. The summed E-state index contributed by atoms with van der Waals surface area (Å²) in [4.78, 5) is 29.4. The topological polar surface area (TPSA) is 67.9 Å². The Morgan fingerprint density at radius 3 is 2.04 bits per heavy atom. The van der Waals surface area contributed by atoms with Crippen LogP contribution in [0.25, 0.3) is 10.9 Å². The number of carbonyl (C=O) groups excluding carboxylic acids is 2. The minimum atomic E-state index is -0.291. The summed E-state index contributed by atoms with van der Waals surface area (Å²) in [6, 6.07) is 11.3. The third-order valence-corrected chi connectivity index (χ3v) is 9.28. The molecule has 1 atom stereocenters. The lowest BCUT2D eigenvalue weighted by Gasteiger charge is -2.38. The molecule has 2 amide bonds. The number of hydrogen-bond acceptors (Lipinski definition) is 4. The van der Waals surface area contributed by atoms with Crippen molar-refractivity contribution < 1.29 is 76.1 Å². The van der Waals surface area contributed by atoms with Gasteiger partial charge in [0.15, 0.2) is 11.9 Å². The molecule has 1 aliphatic heterocycles. The number of nitrogens with zero attached hydrogens (tertiary/aromatic N) is 5. The number of ether oxygens (including phenoxy) is 2. The molecule has 0 spiro atoms. The van der Waals surface area contributed by atoms with Gasteiger partial charge in [0.05, 0.1) is 13.6 Å². The molecule has 3 heterocycles. The quantitative estimate of drug-likeness (QED) is 0.162. The van der Waals surface area contributed by atoms with Gasteiger partial charge >= 0.3 is 12.2 Å². The fourth-order valence-electron chi connectivity index (χ4n) is 6.97. The molecule has 0 N–H and O–H groups in total. The Morgan fingerprint density at radius 1 is 0.875 bits per heavy atom. The van der Waals surface area contributed by atoms with Crippen molar-refractivity contribution in [2.75, 3.05) is 20.3 Å². The van der Waals surface area contributed by atoms with Crippen LogP contribution in [0, 0.1) is 13.8 Å². The lowest BCUT2D eigenvalue weighted by molar-refractivity contribution is -0.940. The van der Waals surface area contributed by atoms with E-state index in [1.54, 1.807) is 4.90 Å². The zero-order valence-electron chi connectivity index (χ0n) is 30.8. The van der Waals surface area contributed by atoms with Crippen molar-refractivity contribution >= 4 is 23.1 Å². The predicted octanol–water partition coefficient (Wildman–Crippen LogP) is 0.725. The van der Waals surface area contributed by atoms with Gasteiger partial charge in [-0.3, -0.25) is 4.48 Å². The Bertz CT molecular complexity index is 1540. The fraction of sp³-hybridized carbons (Fsp3) is 0.595. The summed E-state index contributed by atoms with van der Waals surface area (Å²) < 4.78 is 16.9. The number of fused-ring (bicyclic) bond motifs is 3. The second-order valence-corrected chi connectivity index (χ2v) is 14.5. The first-order chi connectivity index (χ1) is 21.6. The first-order valence-electron chi connectivity index (χ1n) is 16.9. The smallest absolute Gasteiger partial charge is 0.415 e. The summed E-state index contributed by atoms with van der Waals surface area (Å²) >= 11 is 0. The van der Waals surface area contributed by atoms with Crippen LogP contribution >= 0.6 is 0 Å². The molecule has 1 aromatic carbocycles. The van der Waals surface area contributed by atoms with Crippen LogP contribution in [0.1, 0.15) is 83.5 Å². The molecular weight excluding hydrogens is 832 g/mol. The van der Waals surface area contributed by atoms with Gasteiger partial charge in [0.2, 0.25) is 6.73 Å². The van der Waals surface area contributed by atoms with Crippen molar-refractivity contribution in [3.05, 3.63) is 64.6 Å². The van der Waals surface area contributed by atoms with Gasteiger partial charge in [0.1, 0.15) is 6.54 Å². The number of halogens is 2. The normalized spacial score (nSPS) is 15.7. The highest BCUT2D eigenvalue weighted by atomic mass is 127. The maximum atomic E-state index is 13.0. The predicted molar refractivity (Wildman–Crippen MR) is 182 cm³/mol. The van der Waals surface area contributed by atoms with Crippen molar-refractivity contribution in [3.63, 3.8) is 0 Å². The highest BCUT2D eigenvalue weighted by Crippen LogP contribution is 2.34. The van der Waals surface area contributed by atoms with Crippen LogP contribution in [0.5, 0.6) is 0 Å². The van der Waals surface area contributed by atoms with Gasteiger partial charge in [0.25, 0.3) is 6.73 Å². The first-order valence-corrected chi connectivity index (χ1v) is 16.9. The average molecular weight is 890 g/mol. The number of carbonyl (C=O) groups is 2. The van der Waals surface area contributed by atoms with E-state index in [0.29, 0.717) is 11.2 Å². The lowest BCUT2D eigenvalue weighted by atomic mass is 10.0. The molecular formula is C37H57I2N5O4. The number of likely N-dealkylation sites (N-methyl/N-ethyl adjacent to an activating group) is 1. The Kier molecular flexibility index (Phi) is 15.5. The van der Waals surface area contributed by atoms with E-state index in [4.69, 9.17) is 9.47 Å². The van der Waals surface area contributed by atoms with Gasteiger partial charge in [0, 0.05) is 77.8 Å². The van der Waals surface area contributed by atoms with E-state index in [9.17, 15) is 9.59 Å². The Hall–Kier alpha value is -2.13. The highest BCUT2D eigenvalue weighted by molar-refractivity contribution is 5.86. The zero-order chi connectivity index (χ0) is 33.9. The minimum Gasteiger partial charge on any atom is -1.00 e. The summed E-state index contributed by atoms with van der Waals surface area (Å²) in [5.41, 5.74) is 7.47. The molecule has 4 rings (SSSR count). The van der Waals surface area contributed by atoms with E-state index in [1.807, 2.05) is 71.8 Å². The molecule has 11 heteroatoms. The van der Waals surface area contributed by atoms with Crippen LogP contribution in [-0.2, 0) is 42.1 Å². The third kappa shape index (κ3) is 9.76. The van der Waals surface area contributed by atoms with Gasteiger partial charge < -0.3 is 71.8 Å². The Labute approximate surface area is 322 Å². The second kappa shape index (κ2) is 17.7. The molecule has 1 unspecified atom stereocenters. The summed E-state index contributed by atoms with van der Waals surface area (Å²) in [5.74, 6) is 0. The van der Waals surface area contributed by atoms with Crippen LogP contribution in [0.4, 0.5) is 9.59 Å². The average Bonchev–Trinajstić information content (AvgIpc) is 3.25. The molecule has 0 radical (unpaired) electrons. The van der Waals surface area contributed by atoms with E-state index in [2.05, 4.69) is 55.1 Å². The molecule has 0 saturated carbocycles. The molecule has 0 bridgehead atoms. The molecule has 0 fully saturated rings. The van der Waals surface area contributed by atoms with Crippen molar-refractivity contribution in [2.24, 2.45) is 0 Å². The second-order valence-electron chi connectivity index (χ2n) is 14.5. The van der Waals surface area contributed by atoms with E-state index in [0.717, 1.165) is 38.2 Å². The molecule has 0 saturated heterocycles. The fourth-order valence-corrected chi connectivity index (χ4v) is 6.97. The highest BCUT2D eigenvalue weighted by Gasteiger charge is 2.35. The summed E-state index contributed by atoms with van der Waals surface area (Å²) in [6.45, 7) is 23.4. The van der Waals surface area contributed by atoms with Crippen LogP contribution < -0.4 is 52.5 Å². The minimum absolute atomic E-state index is 0. The molecule has 268 valence electrons. The summed E-state index contributed by atoms with van der Waals surface area (Å²) in [5, 5.41) is 1.29. The Balaban J connectivity index is 0.00000400. The van der Waals surface area contributed by atoms with Crippen molar-refractivity contribution in [1.29, 1.82) is 0 Å². The number of benzene rings is 1. The maximum absolute atomic E-state index is 13.0. The number of rotatable bonds is 11. The Morgan fingerprint density at radius 2 is 1.46 bits per heavy atom. The van der Waals surface area contributed by atoms with Gasteiger partial charge in [-0.05, 0) is 86.9 Å². The molecule has 9 nitrogen and oxygen atoms in total. The largest absolute Gasteiger partial charge is 1.00 e. The number of hydrogen-bond donors (Lipinski definition) is 0.